The summed E-state index contributed by atoms with van der Waals surface area (Å²) < 4.78 is 1.92. The van der Waals surface area contributed by atoms with Crippen LogP contribution in [0.4, 0.5) is 11.6 Å². The van der Waals surface area contributed by atoms with Crippen molar-refractivity contribution in [3.8, 4) is 5.75 Å². The molecular formula is C19H21N5O. The predicted molar refractivity (Wildman–Crippen MR) is 98.0 cm³/mol. The lowest BCUT2D eigenvalue weighted by atomic mass is 9.93. The van der Waals surface area contributed by atoms with E-state index in [4.69, 9.17) is 0 Å². The van der Waals surface area contributed by atoms with Crippen LogP contribution in [0.1, 0.15) is 29.6 Å². The molecule has 1 aliphatic rings. The highest BCUT2D eigenvalue weighted by molar-refractivity contribution is 5.48. The standard InChI is InChI=1S/C19H21N5O/c1-23(2)14-9-7-13(8-10-14)17-11-16(15-5-3-4-6-18(15)25)22-19-20-12-21-24(17)19/h3-10,12,16-17,25H,11H2,1-2H3,(H,20,21,22)/t16-,17-/m1/s1. The Hall–Kier alpha value is -3.02. The molecule has 0 saturated heterocycles. The molecule has 3 aromatic rings. The molecule has 0 bridgehead atoms. The number of phenolic OH excluding ortho intramolecular Hbond substituents is 1. The summed E-state index contributed by atoms with van der Waals surface area (Å²) >= 11 is 0. The van der Waals surface area contributed by atoms with Gasteiger partial charge >= 0.3 is 0 Å². The smallest absolute Gasteiger partial charge is 0.222 e. The second-order valence-electron chi connectivity index (χ2n) is 6.52. The molecular weight excluding hydrogens is 314 g/mol. The van der Waals surface area contributed by atoms with Crippen molar-refractivity contribution < 1.29 is 5.11 Å². The number of hydrogen-bond donors (Lipinski definition) is 2. The second-order valence-corrected chi connectivity index (χ2v) is 6.52. The number of rotatable bonds is 3. The van der Waals surface area contributed by atoms with Crippen LogP contribution in [0.15, 0.2) is 54.9 Å². The highest BCUT2D eigenvalue weighted by Gasteiger charge is 2.30. The quantitative estimate of drug-likeness (QED) is 0.769. The minimum Gasteiger partial charge on any atom is -0.508 e. The van der Waals surface area contributed by atoms with E-state index in [1.165, 1.54) is 5.56 Å². The maximum absolute atomic E-state index is 10.2. The average Bonchev–Trinajstić information content (AvgIpc) is 3.10. The lowest BCUT2D eigenvalue weighted by Gasteiger charge is -2.32. The molecule has 2 N–H and O–H groups in total. The van der Waals surface area contributed by atoms with Crippen LogP contribution in [-0.2, 0) is 0 Å². The van der Waals surface area contributed by atoms with E-state index in [1.54, 1.807) is 12.4 Å². The molecule has 6 heteroatoms. The number of para-hydroxylation sites is 1. The van der Waals surface area contributed by atoms with Gasteiger partial charge in [-0.15, -0.1) is 0 Å². The van der Waals surface area contributed by atoms with E-state index in [0.717, 1.165) is 23.6 Å². The Morgan fingerprint density at radius 3 is 2.60 bits per heavy atom. The molecule has 0 radical (unpaired) electrons. The summed E-state index contributed by atoms with van der Waals surface area (Å²) in [4.78, 5) is 6.42. The van der Waals surface area contributed by atoms with Crippen LogP contribution in [0.5, 0.6) is 5.75 Å². The summed E-state index contributed by atoms with van der Waals surface area (Å²) in [5, 5.41) is 18.0. The lowest BCUT2D eigenvalue weighted by molar-refractivity contribution is 0.414. The molecule has 0 saturated carbocycles. The number of aromatic nitrogens is 3. The highest BCUT2D eigenvalue weighted by Crippen LogP contribution is 2.39. The first kappa shape index (κ1) is 15.5. The number of nitrogens with zero attached hydrogens (tertiary/aromatic N) is 4. The third-order valence-electron chi connectivity index (χ3n) is 4.74. The highest BCUT2D eigenvalue weighted by atomic mass is 16.3. The van der Waals surface area contributed by atoms with Crippen molar-refractivity contribution in [3.05, 3.63) is 66.0 Å². The largest absolute Gasteiger partial charge is 0.508 e. The first-order valence-electron chi connectivity index (χ1n) is 8.34. The minimum atomic E-state index is -0.0172. The fourth-order valence-corrected chi connectivity index (χ4v) is 3.38. The summed E-state index contributed by atoms with van der Waals surface area (Å²) in [6.45, 7) is 0. The normalized spacial score (nSPS) is 19.1. The molecule has 0 spiro atoms. The summed E-state index contributed by atoms with van der Waals surface area (Å²) in [7, 11) is 4.06. The maximum Gasteiger partial charge on any atom is 0.222 e. The van der Waals surface area contributed by atoms with Crippen LogP contribution in [-0.4, -0.2) is 34.0 Å². The van der Waals surface area contributed by atoms with Crippen LogP contribution < -0.4 is 10.2 Å². The van der Waals surface area contributed by atoms with Gasteiger partial charge in [0.15, 0.2) is 0 Å². The molecule has 2 heterocycles. The molecule has 6 nitrogen and oxygen atoms in total. The van der Waals surface area contributed by atoms with E-state index in [-0.39, 0.29) is 12.1 Å². The number of anilines is 2. The first-order valence-corrected chi connectivity index (χ1v) is 8.34. The summed E-state index contributed by atoms with van der Waals surface area (Å²) in [6.07, 6.45) is 2.35. The van der Waals surface area contributed by atoms with Crippen LogP contribution in [0.2, 0.25) is 0 Å². The van der Waals surface area contributed by atoms with Crippen LogP contribution >= 0.6 is 0 Å². The third kappa shape index (κ3) is 2.80. The zero-order chi connectivity index (χ0) is 17.4. The molecule has 2 atom stereocenters. The van der Waals surface area contributed by atoms with E-state index in [0.29, 0.717) is 5.75 Å². The fraction of sp³-hybridized carbons (Fsp3) is 0.263. The van der Waals surface area contributed by atoms with Gasteiger partial charge in [-0.3, -0.25) is 0 Å². The summed E-state index contributed by atoms with van der Waals surface area (Å²) in [5.41, 5.74) is 3.22. The molecule has 128 valence electrons. The van der Waals surface area contributed by atoms with Gasteiger partial charge < -0.3 is 15.3 Å². The van der Waals surface area contributed by atoms with E-state index < -0.39 is 0 Å². The van der Waals surface area contributed by atoms with Crippen LogP contribution in [0.25, 0.3) is 0 Å². The SMILES string of the molecule is CN(C)c1ccc([C@H]2C[C@H](c3ccccc3O)Nc3ncnn32)cc1. The molecule has 25 heavy (non-hydrogen) atoms. The monoisotopic (exact) mass is 335 g/mol. The average molecular weight is 335 g/mol. The first-order chi connectivity index (χ1) is 12.1. The molecule has 0 fully saturated rings. The van der Waals surface area contributed by atoms with E-state index in [1.807, 2.05) is 37.0 Å². The topological polar surface area (TPSA) is 66.2 Å². The molecule has 1 aliphatic heterocycles. The van der Waals surface area contributed by atoms with E-state index in [9.17, 15) is 5.11 Å². The Balaban J connectivity index is 1.71. The zero-order valence-electron chi connectivity index (χ0n) is 14.3. The van der Waals surface area contributed by atoms with Crippen molar-refractivity contribution >= 4 is 11.6 Å². The maximum atomic E-state index is 10.2. The van der Waals surface area contributed by atoms with Crippen molar-refractivity contribution in [1.82, 2.24) is 14.8 Å². The van der Waals surface area contributed by atoms with Gasteiger partial charge in [0.1, 0.15) is 12.1 Å². The number of nitrogens with one attached hydrogen (secondary N) is 1. The molecule has 0 amide bonds. The number of benzene rings is 2. The molecule has 0 aliphatic carbocycles. The predicted octanol–water partition coefficient (Wildman–Crippen LogP) is 3.20. The van der Waals surface area contributed by atoms with Crippen molar-refractivity contribution in [3.63, 3.8) is 0 Å². The molecule has 4 rings (SSSR count). The Morgan fingerprint density at radius 1 is 1.12 bits per heavy atom. The second kappa shape index (κ2) is 6.12. The van der Waals surface area contributed by atoms with Crippen molar-refractivity contribution in [2.75, 3.05) is 24.3 Å². The Kier molecular flexibility index (Phi) is 3.80. The van der Waals surface area contributed by atoms with Gasteiger partial charge in [-0.05, 0) is 30.2 Å². The number of fused-ring (bicyclic) bond motifs is 1. The number of aromatic hydroxyl groups is 1. The summed E-state index contributed by atoms with van der Waals surface area (Å²) in [6, 6.07) is 16.0. The number of phenols is 1. The molecule has 2 aromatic carbocycles. The minimum absolute atomic E-state index is 0.0172. The zero-order valence-corrected chi connectivity index (χ0v) is 14.3. The molecule has 0 unspecified atom stereocenters. The Bertz CT molecular complexity index is 872. The molecule has 1 aromatic heterocycles. The van der Waals surface area contributed by atoms with Crippen molar-refractivity contribution in [2.24, 2.45) is 0 Å². The van der Waals surface area contributed by atoms with Gasteiger partial charge in [0, 0.05) is 25.3 Å². The van der Waals surface area contributed by atoms with Gasteiger partial charge in [0.2, 0.25) is 5.95 Å². The van der Waals surface area contributed by atoms with Crippen LogP contribution in [0.3, 0.4) is 0 Å². The Labute approximate surface area is 146 Å². The van der Waals surface area contributed by atoms with Gasteiger partial charge in [-0.1, -0.05) is 30.3 Å². The number of hydrogen-bond acceptors (Lipinski definition) is 5. The summed E-state index contributed by atoms with van der Waals surface area (Å²) in [5.74, 6) is 1.02. The van der Waals surface area contributed by atoms with Crippen LogP contribution in [0, 0.1) is 0 Å². The van der Waals surface area contributed by atoms with Crippen molar-refractivity contribution in [1.29, 1.82) is 0 Å². The van der Waals surface area contributed by atoms with Gasteiger partial charge in [0.05, 0.1) is 12.1 Å². The van der Waals surface area contributed by atoms with E-state index >= 15 is 0 Å². The fourth-order valence-electron chi connectivity index (χ4n) is 3.38. The van der Waals surface area contributed by atoms with Gasteiger partial charge in [-0.2, -0.15) is 10.1 Å². The van der Waals surface area contributed by atoms with Gasteiger partial charge in [-0.25, -0.2) is 4.68 Å². The van der Waals surface area contributed by atoms with E-state index in [2.05, 4.69) is 44.6 Å². The van der Waals surface area contributed by atoms with Gasteiger partial charge in [0.25, 0.3) is 0 Å². The third-order valence-corrected chi connectivity index (χ3v) is 4.74. The lowest BCUT2D eigenvalue weighted by Crippen LogP contribution is -2.28. The van der Waals surface area contributed by atoms with Crippen molar-refractivity contribution in [2.45, 2.75) is 18.5 Å². The Morgan fingerprint density at radius 2 is 1.88 bits per heavy atom.